The zero-order valence-electron chi connectivity index (χ0n) is 21.3. The summed E-state index contributed by atoms with van der Waals surface area (Å²) < 4.78 is 6.00. The predicted molar refractivity (Wildman–Crippen MR) is 147 cm³/mol. The van der Waals surface area contributed by atoms with Crippen LogP contribution in [0.3, 0.4) is 0 Å². The first-order valence-corrected chi connectivity index (χ1v) is 12.5. The van der Waals surface area contributed by atoms with Gasteiger partial charge in [0.25, 0.3) is 11.8 Å². The van der Waals surface area contributed by atoms with Crippen LogP contribution in [-0.2, 0) is 11.2 Å². The topological polar surface area (TPSA) is 96.5 Å². The van der Waals surface area contributed by atoms with Gasteiger partial charge in [-0.2, -0.15) is 0 Å². The Morgan fingerprint density at radius 2 is 1.66 bits per heavy atom. The zero-order valence-corrected chi connectivity index (χ0v) is 21.3. The van der Waals surface area contributed by atoms with Gasteiger partial charge in [0.05, 0.1) is 12.2 Å². The molecule has 5 rings (SSSR count). The molecule has 0 radical (unpaired) electrons. The first kappa shape index (κ1) is 25.0. The lowest BCUT2D eigenvalue weighted by Crippen LogP contribution is -2.51. The summed E-state index contributed by atoms with van der Waals surface area (Å²) in [5, 5.41) is 6.14. The van der Waals surface area contributed by atoms with Crippen molar-refractivity contribution < 1.29 is 14.3 Å². The number of para-hydroxylation sites is 2. The Balaban J connectivity index is 1.32. The average Bonchev–Trinajstić information content (AvgIpc) is 2.92. The van der Waals surface area contributed by atoms with E-state index >= 15 is 0 Å². The number of hydrogen-bond acceptors (Lipinski definition) is 6. The maximum absolute atomic E-state index is 13.7. The van der Waals surface area contributed by atoms with Gasteiger partial charge in [-0.3, -0.25) is 9.59 Å². The van der Waals surface area contributed by atoms with E-state index in [-0.39, 0.29) is 18.4 Å². The number of nitrogens with zero attached hydrogens (tertiary/aromatic N) is 3. The first-order valence-electron chi connectivity index (χ1n) is 12.5. The smallest absolute Gasteiger partial charge is 0.262 e. The molecule has 8 nitrogen and oxygen atoms in total. The van der Waals surface area contributed by atoms with E-state index < -0.39 is 6.10 Å². The lowest BCUT2D eigenvalue weighted by molar-refractivity contribution is -0.127. The van der Waals surface area contributed by atoms with Crippen LogP contribution in [0.25, 0.3) is 0 Å². The van der Waals surface area contributed by atoms with Gasteiger partial charge in [0.1, 0.15) is 5.75 Å². The van der Waals surface area contributed by atoms with E-state index in [9.17, 15) is 9.59 Å². The van der Waals surface area contributed by atoms with Gasteiger partial charge in [-0.1, -0.05) is 48.5 Å². The number of amides is 2. The molecule has 0 aliphatic carbocycles. The zero-order chi connectivity index (χ0) is 26.5. The van der Waals surface area contributed by atoms with E-state index in [4.69, 9.17) is 4.74 Å². The Hall–Kier alpha value is -4.72. The largest absolute Gasteiger partial charge is 0.477 e. The number of carbonyl (C=O) groups is 2. The first-order chi connectivity index (χ1) is 18.5. The highest BCUT2D eigenvalue weighted by molar-refractivity contribution is 6.08. The molecule has 38 heavy (non-hydrogen) atoms. The molecule has 0 saturated heterocycles. The monoisotopic (exact) mass is 507 g/mol. The third kappa shape index (κ3) is 5.81. The Kier molecular flexibility index (Phi) is 7.31. The molecule has 8 heteroatoms. The number of carbonyl (C=O) groups excluding carboxylic acids is 2. The maximum atomic E-state index is 13.7. The standard InChI is InChI=1S/C30H29N5O3/c1-20-17-21(2)33-30(32-20)34-24-12-8-11-23(18-24)29(37)35-19-27(38-26-14-7-6-13-25(26)35)28(36)31-16-15-22-9-4-3-5-10-22/h3-14,17-18,27H,15-16,19H2,1-2H3,(H,31,36)(H,32,33,34)/t27-/m1/s1. The van der Waals surface area contributed by atoms with Crippen LogP contribution in [-0.4, -0.2) is 41.0 Å². The van der Waals surface area contributed by atoms with Gasteiger partial charge >= 0.3 is 0 Å². The van der Waals surface area contributed by atoms with Crippen LogP contribution in [0, 0.1) is 13.8 Å². The Labute approximate surface area is 221 Å². The fourth-order valence-electron chi connectivity index (χ4n) is 4.45. The number of ether oxygens (including phenoxy) is 1. The van der Waals surface area contributed by atoms with Gasteiger partial charge in [-0.25, -0.2) is 9.97 Å². The normalized spacial score (nSPS) is 14.3. The molecular formula is C30H29N5O3. The second kappa shape index (κ2) is 11.1. The minimum atomic E-state index is -0.824. The summed E-state index contributed by atoms with van der Waals surface area (Å²) in [6.07, 6.45) is -0.114. The Bertz CT molecular complexity index is 1440. The van der Waals surface area contributed by atoms with Crippen molar-refractivity contribution in [2.45, 2.75) is 26.4 Å². The fourth-order valence-corrected chi connectivity index (χ4v) is 4.45. The van der Waals surface area contributed by atoms with Crippen LogP contribution in [0.15, 0.2) is 84.9 Å². The van der Waals surface area contributed by atoms with E-state index in [1.807, 2.05) is 74.5 Å². The van der Waals surface area contributed by atoms with E-state index in [2.05, 4.69) is 20.6 Å². The highest BCUT2D eigenvalue weighted by Gasteiger charge is 2.34. The van der Waals surface area contributed by atoms with Gasteiger partial charge in [-0.05, 0) is 62.2 Å². The molecular weight excluding hydrogens is 478 g/mol. The lowest BCUT2D eigenvalue weighted by Gasteiger charge is -2.34. The summed E-state index contributed by atoms with van der Waals surface area (Å²) in [6.45, 7) is 4.39. The lowest BCUT2D eigenvalue weighted by atomic mass is 10.1. The van der Waals surface area contributed by atoms with Crippen molar-refractivity contribution >= 4 is 29.1 Å². The van der Waals surface area contributed by atoms with Crippen molar-refractivity contribution in [2.24, 2.45) is 0 Å². The van der Waals surface area contributed by atoms with Gasteiger partial charge in [0.15, 0.2) is 6.10 Å². The highest BCUT2D eigenvalue weighted by Crippen LogP contribution is 2.34. The molecule has 0 fully saturated rings. The van der Waals surface area contributed by atoms with Crippen molar-refractivity contribution in [1.29, 1.82) is 0 Å². The molecule has 1 atom stereocenters. The number of benzene rings is 3. The van der Waals surface area contributed by atoms with E-state index in [0.717, 1.165) is 17.0 Å². The number of rotatable bonds is 7. The number of aromatic nitrogens is 2. The van der Waals surface area contributed by atoms with Crippen LogP contribution in [0.5, 0.6) is 5.75 Å². The molecule has 3 aromatic carbocycles. The van der Waals surface area contributed by atoms with Crippen LogP contribution in [0.1, 0.15) is 27.3 Å². The summed E-state index contributed by atoms with van der Waals surface area (Å²) in [7, 11) is 0. The number of hydrogen-bond donors (Lipinski definition) is 2. The highest BCUT2D eigenvalue weighted by atomic mass is 16.5. The van der Waals surface area contributed by atoms with Crippen molar-refractivity contribution in [1.82, 2.24) is 15.3 Å². The van der Waals surface area contributed by atoms with E-state index in [1.54, 1.807) is 29.2 Å². The SMILES string of the molecule is Cc1cc(C)nc(Nc2cccc(C(=O)N3C[C@H](C(=O)NCCc4ccccc4)Oc4ccccc43)c2)n1. The van der Waals surface area contributed by atoms with Crippen LogP contribution in [0.2, 0.25) is 0 Å². The van der Waals surface area contributed by atoms with Crippen molar-refractivity contribution in [3.63, 3.8) is 0 Å². The fraction of sp³-hybridized carbons (Fsp3) is 0.200. The second-order valence-corrected chi connectivity index (χ2v) is 9.20. The third-order valence-corrected chi connectivity index (χ3v) is 6.21. The summed E-state index contributed by atoms with van der Waals surface area (Å²) in [5.74, 6) is 0.479. The second-order valence-electron chi connectivity index (χ2n) is 9.20. The minimum absolute atomic E-state index is 0.102. The van der Waals surface area contributed by atoms with Crippen LogP contribution < -0.4 is 20.3 Å². The van der Waals surface area contributed by atoms with Crippen LogP contribution in [0.4, 0.5) is 17.3 Å². The summed E-state index contributed by atoms with van der Waals surface area (Å²) in [6, 6.07) is 26.3. The molecule has 4 aromatic rings. The molecule has 0 saturated carbocycles. The maximum Gasteiger partial charge on any atom is 0.262 e. The van der Waals surface area contributed by atoms with Crippen LogP contribution >= 0.6 is 0 Å². The average molecular weight is 508 g/mol. The summed E-state index contributed by atoms with van der Waals surface area (Å²) in [5.41, 5.74) is 4.63. The van der Waals surface area contributed by atoms with Gasteiger partial charge in [0.2, 0.25) is 5.95 Å². The summed E-state index contributed by atoms with van der Waals surface area (Å²) in [4.78, 5) is 37.2. The molecule has 2 amide bonds. The van der Waals surface area contributed by atoms with Crippen molar-refractivity contribution in [3.8, 4) is 5.75 Å². The number of anilines is 3. The molecule has 0 unspecified atom stereocenters. The number of fused-ring (bicyclic) bond motifs is 1. The number of nitrogens with one attached hydrogen (secondary N) is 2. The summed E-state index contributed by atoms with van der Waals surface area (Å²) >= 11 is 0. The van der Waals surface area contributed by atoms with Crippen molar-refractivity contribution in [2.75, 3.05) is 23.3 Å². The molecule has 0 bridgehead atoms. The van der Waals surface area contributed by atoms with Gasteiger partial charge in [0, 0.05) is 29.2 Å². The number of aryl methyl sites for hydroxylation is 2. The van der Waals surface area contributed by atoms with Gasteiger partial charge < -0.3 is 20.3 Å². The van der Waals surface area contributed by atoms with Crippen molar-refractivity contribution in [3.05, 3.63) is 107 Å². The molecule has 2 N–H and O–H groups in total. The molecule has 1 aromatic heterocycles. The Morgan fingerprint density at radius 1 is 0.921 bits per heavy atom. The molecule has 1 aliphatic heterocycles. The quantitative estimate of drug-likeness (QED) is 0.379. The van der Waals surface area contributed by atoms with E-state index in [1.165, 1.54) is 0 Å². The Morgan fingerprint density at radius 3 is 2.45 bits per heavy atom. The van der Waals surface area contributed by atoms with Gasteiger partial charge in [-0.15, -0.1) is 0 Å². The third-order valence-electron chi connectivity index (χ3n) is 6.21. The molecule has 192 valence electrons. The molecule has 2 heterocycles. The molecule has 1 aliphatic rings. The van der Waals surface area contributed by atoms with E-state index in [0.29, 0.717) is 41.6 Å². The predicted octanol–water partition coefficient (Wildman–Crippen LogP) is 4.60. The minimum Gasteiger partial charge on any atom is -0.477 e. The molecule has 0 spiro atoms.